The monoisotopic (exact) mass is 325 g/mol. The van der Waals surface area contributed by atoms with Crippen molar-refractivity contribution in [3.8, 4) is 0 Å². The van der Waals surface area contributed by atoms with Crippen LogP contribution in [0.5, 0.6) is 0 Å². The molecule has 0 spiro atoms. The van der Waals surface area contributed by atoms with Crippen LogP contribution in [0, 0.1) is 0 Å². The Bertz CT molecular complexity index is 640. The minimum Gasteiger partial charge on any atom is -0.408 e. The molecule has 1 aliphatic heterocycles. The van der Waals surface area contributed by atoms with E-state index in [9.17, 15) is 4.79 Å². The van der Waals surface area contributed by atoms with Gasteiger partial charge < -0.3 is 9.15 Å². The average molecular weight is 326 g/mol. The molecule has 2 heterocycles. The second-order valence-corrected chi connectivity index (χ2v) is 6.10. The van der Waals surface area contributed by atoms with E-state index < -0.39 is 0 Å². The van der Waals surface area contributed by atoms with Crippen molar-refractivity contribution in [2.75, 3.05) is 6.61 Å². The van der Waals surface area contributed by atoms with Gasteiger partial charge >= 0.3 is 5.76 Å². The summed E-state index contributed by atoms with van der Waals surface area (Å²) in [4.78, 5) is 11.7. The van der Waals surface area contributed by atoms with Crippen LogP contribution in [0.4, 0.5) is 0 Å². The lowest BCUT2D eigenvalue weighted by atomic mass is 10.0. The molecule has 1 aromatic heterocycles. The van der Waals surface area contributed by atoms with Gasteiger partial charge in [0.15, 0.2) is 5.58 Å². The molecule has 1 aliphatic rings. The second kappa shape index (κ2) is 5.13. The van der Waals surface area contributed by atoms with E-state index in [4.69, 9.17) is 9.15 Å². The lowest BCUT2D eigenvalue weighted by Crippen LogP contribution is -2.08. The van der Waals surface area contributed by atoms with Gasteiger partial charge in [0.2, 0.25) is 0 Å². The van der Waals surface area contributed by atoms with Gasteiger partial charge in [-0.25, -0.2) is 4.79 Å². The van der Waals surface area contributed by atoms with Crippen LogP contribution in [0.2, 0.25) is 0 Å². The number of benzene rings is 1. The Labute approximate surface area is 119 Å². The molecule has 0 aliphatic carbocycles. The van der Waals surface area contributed by atoms with Crippen molar-refractivity contribution < 1.29 is 9.15 Å². The van der Waals surface area contributed by atoms with E-state index in [1.54, 1.807) is 7.05 Å². The van der Waals surface area contributed by atoms with Crippen LogP contribution < -0.4 is 5.76 Å². The number of aryl methyl sites for hydroxylation is 1. The average Bonchev–Trinajstić information content (AvgIpc) is 2.99. The first-order valence-corrected chi connectivity index (χ1v) is 7.42. The van der Waals surface area contributed by atoms with Crippen molar-refractivity contribution in [3.05, 3.63) is 34.3 Å². The van der Waals surface area contributed by atoms with Crippen LogP contribution >= 0.6 is 15.9 Å². The largest absolute Gasteiger partial charge is 0.419 e. The highest BCUT2D eigenvalue weighted by Crippen LogP contribution is 2.33. The van der Waals surface area contributed by atoms with Crippen LogP contribution in [0.3, 0.4) is 0 Å². The molecule has 0 amide bonds. The fourth-order valence-corrected chi connectivity index (χ4v) is 3.24. The maximum absolute atomic E-state index is 11.5. The van der Waals surface area contributed by atoms with Crippen molar-refractivity contribution in [2.45, 2.75) is 30.2 Å². The highest BCUT2D eigenvalue weighted by Gasteiger charge is 2.21. The summed E-state index contributed by atoms with van der Waals surface area (Å²) < 4.78 is 12.4. The number of halogens is 1. The Morgan fingerprint density at radius 2 is 2.37 bits per heavy atom. The van der Waals surface area contributed by atoms with E-state index in [0.717, 1.165) is 36.9 Å². The van der Waals surface area contributed by atoms with E-state index in [1.165, 1.54) is 4.57 Å². The van der Waals surface area contributed by atoms with Gasteiger partial charge in [0.1, 0.15) is 0 Å². The van der Waals surface area contributed by atoms with Gasteiger partial charge in [0, 0.05) is 18.5 Å². The Hall–Kier alpha value is -1.07. The zero-order valence-electron chi connectivity index (χ0n) is 10.8. The first-order chi connectivity index (χ1) is 9.15. The van der Waals surface area contributed by atoms with Crippen molar-refractivity contribution >= 4 is 27.0 Å². The van der Waals surface area contributed by atoms with Gasteiger partial charge in [-0.2, -0.15) is 0 Å². The third kappa shape index (κ3) is 2.49. The molecule has 1 aromatic carbocycles. The molecule has 102 valence electrons. The van der Waals surface area contributed by atoms with E-state index in [2.05, 4.69) is 15.9 Å². The molecule has 5 heteroatoms. The Kier molecular flexibility index (Phi) is 3.50. The number of fused-ring (bicyclic) bond motifs is 1. The topological polar surface area (TPSA) is 44.4 Å². The van der Waals surface area contributed by atoms with Crippen LogP contribution in [0.25, 0.3) is 11.1 Å². The molecule has 0 radical (unpaired) electrons. The minimum atomic E-state index is -0.322. The fraction of sp³-hybridized carbons (Fsp3) is 0.500. The summed E-state index contributed by atoms with van der Waals surface area (Å²) in [5.41, 5.74) is 2.59. The van der Waals surface area contributed by atoms with Crippen molar-refractivity contribution in [1.29, 1.82) is 0 Å². The maximum atomic E-state index is 11.5. The Balaban J connectivity index is 1.85. The molecule has 1 saturated heterocycles. The number of nitrogens with zero attached hydrogens (tertiary/aromatic N) is 1. The predicted octanol–water partition coefficient (Wildman–Crippen LogP) is 3.14. The van der Waals surface area contributed by atoms with Crippen molar-refractivity contribution in [2.24, 2.45) is 7.05 Å². The molecule has 1 fully saturated rings. The van der Waals surface area contributed by atoms with Crippen LogP contribution in [0.15, 0.2) is 27.4 Å². The zero-order valence-corrected chi connectivity index (χ0v) is 12.4. The Morgan fingerprint density at radius 1 is 1.53 bits per heavy atom. The third-order valence-electron chi connectivity index (χ3n) is 3.67. The number of rotatable bonds is 3. The molecule has 0 bridgehead atoms. The van der Waals surface area contributed by atoms with E-state index in [1.807, 2.05) is 18.2 Å². The first-order valence-electron chi connectivity index (χ1n) is 6.50. The number of alkyl halides is 1. The summed E-state index contributed by atoms with van der Waals surface area (Å²) in [6.07, 6.45) is 3.56. The molecule has 2 atom stereocenters. The SMILES string of the molecule is Cn1c(=O)oc2cc(C(Br)CC3CCCO3)ccc21. The smallest absolute Gasteiger partial charge is 0.408 e. The first kappa shape index (κ1) is 12.9. The van der Waals surface area contributed by atoms with Gasteiger partial charge in [0.05, 0.1) is 11.6 Å². The number of hydrogen-bond donors (Lipinski definition) is 0. The quantitative estimate of drug-likeness (QED) is 0.814. The minimum absolute atomic E-state index is 0.227. The normalized spacial score (nSPS) is 21.1. The van der Waals surface area contributed by atoms with Crippen molar-refractivity contribution in [3.63, 3.8) is 0 Å². The summed E-state index contributed by atoms with van der Waals surface area (Å²) >= 11 is 3.70. The number of oxazole rings is 1. The molecular weight excluding hydrogens is 310 g/mol. The second-order valence-electron chi connectivity index (χ2n) is 4.99. The molecule has 0 saturated carbocycles. The molecule has 0 N–H and O–H groups in total. The molecule has 2 aromatic rings. The highest BCUT2D eigenvalue weighted by molar-refractivity contribution is 9.09. The summed E-state index contributed by atoms with van der Waals surface area (Å²) in [5, 5.41) is 0. The number of hydrogen-bond acceptors (Lipinski definition) is 3. The lowest BCUT2D eigenvalue weighted by molar-refractivity contribution is 0.104. The van der Waals surface area contributed by atoms with E-state index in [0.29, 0.717) is 11.7 Å². The number of ether oxygens (including phenoxy) is 1. The summed E-state index contributed by atoms with van der Waals surface area (Å²) in [6.45, 7) is 0.872. The molecule has 3 rings (SSSR count). The standard InChI is InChI=1S/C14H16BrNO3/c1-16-12-5-4-9(7-13(12)19-14(16)17)11(15)8-10-3-2-6-18-10/h4-5,7,10-11H,2-3,6,8H2,1H3. The van der Waals surface area contributed by atoms with Gasteiger partial charge in [-0.05, 0) is 37.0 Å². The predicted molar refractivity (Wildman–Crippen MR) is 76.7 cm³/mol. The van der Waals surface area contributed by atoms with Crippen molar-refractivity contribution in [1.82, 2.24) is 4.57 Å². The van der Waals surface area contributed by atoms with Crippen LogP contribution in [-0.4, -0.2) is 17.3 Å². The summed E-state index contributed by atoms with van der Waals surface area (Å²) in [7, 11) is 1.71. The molecule has 4 nitrogen and oxygen atoms in total. The molecule has 19 heavy (non-hydrogen) atoms. The van der Waals surface area contributed by atoms with Gasteiger partial charge in [-0.15, -0.1) is 0 Å². The number of aromatic nitrogens is 1. The third-order valence-corrected chi connectivity index (χ3v) is 4.57. The van der Waals surface area contributed by atoms with Crippen LogP contribution in [-0.2, 0) is 11.8 Å². The van der Waals surface area contributed by atoms with Gasteiger partial charge in [-0.1, -0.05) is 22.0 Å². The molecule has 2 unspecified atom stereocenters. The maximum Gasteiger partial charge on any atom is 0.419 e. The van der Waals surface area contributed by atoms with Gasteiger partial charge in [-0.3, -0.25) is 4.57 Å². The lowest BCUT2D eigenvalue weighted by Gasteiger charge is -2.14. The van der Waals surface area contributed by atoms with Gasteiger partial charge in [0.25, 0.3) is 0 Å². The molecular formula is C14H16BrNO3. The highest BCUT2D eigenvalue weighted by atomic mass is 79.9. The zero-order chi connectivity index (χ0) is 13.4. The summed E-state index contributed by atoms with van der Waals surface area (Å²) in [5.74, 6) is -0.322. The fourth-order valence-electron chi connectivity index (χ4n) is 2.54. The van der Waals surface area contributed by atoms with E-state index in [-0.39, 0.29) is 10.6 Å². The van der Waals surface area contributed by atoms with Crippen LogP contribution in [0.1, 0.15) is 29.7 Å². The van der Waals surface area contributed by atoms with E-state index >= 15 is 0 Å². The summed E-state index contributed by atoms with van der Waals surface area (Å²) in [6, 6.07) is 5.90. The Morgan fingerprint density at radius 3 is 3.11 bits per heavy atom.